The van der Waals surface area contributed by atoms with Gasteiger partial charge in [0, 0.05) is 12.2 Å². The lowest BCUT2D eigenvalue weighted by molar-refractivity contribution is 0.0140. The highest BCUT2D eigenvalue weighted by molar-refractivity contribution is 5.87. The smallest absolute Gasteiger partial charge is 0.410 e. The first-order valence-corrected chi connectivity index (χ1v) is 11.5. The SMILES string of the molecule is CCOC(=O)c1ccc2c(n1)CCCC2N(CCc1ccccc1OC)C(=O)OC(C)(C)C. The number of pyridine rings is 1. The largest absolute Gasteiger partial charge is 0.496 e. The van der Waals surface area contributed by atoms with Gasteiger partial charge in [0.25, 0.3) is 0 Å². The van der Waals surface area contributed by atoms with Crippen LogP contribution in [0.3, 0.4) is 0 Å². The molecule has 0 spiro atoms. The molecule has 1 aromatic carbocycles. The molecule has 1 atom stereocenters. The molecule has 1 amide bonds. The standard InChI is InChI=1S/C26H34N2O5/c1-6-32-24(29)21-15-14-19-20(27-21)11-9-12-22(19)28(25(30)33-26(2,3)4)17-16-18-10-7-8-13-23(18)31-5/h7-8,10,13-15,22H,6,9,11-12,16-17H2,1-5H3. The first-order chi connectivity index (χ1) is 15.7. The van der Waals surface area contributed by atoms with Crippen LogP contribution in [0.4, 0.5) is 4.79 Å². The molecule has 178 valence electrons. The van der Waals surface area contributed by atoms with Gasteiger partial charge in [-0.25, -0.2) is 14.6 Å². The quantitative estimate of drug-likeness (QED) is 0.540. The third-order valence-corrected chi connectivity index (χ3v) is 5.56. The third-order valence-electron chi connectivity index (χ3n) is 5.56. The number of fused-ring (bicyclic) bond motifs is 1. The van der Waals surface area contributed by atoms with Crippen molar-refractivity contribution in [3.63, 3.8) is 0 Å². The van der Waals surface area contributed by atoms with E-state index in [0.29, 0.717) is 25.3 Å². The molecule has 0 bridgehead atoms. The highest BCUT2D eigenvalue weighted by Crippen LogP contribution is 2.35. The van der Waals surface area contributed by atoms with Crippen molar-refractivity contribution in [1.82, 2.24) is 9.88 Å². The molecule has 0 saturated carbocycles. The molecule has 1 aliphatic rings. The number of benzene rings is 1. The van der Waals surface area contributed by atoms with Gasteiger partial charge in [0.1, 0.15) is 17.0 Å². The lowest BCUT2D eigenvalue weighted by Crippen LogP contribution is -2.41. The number of aromatic nitrogens is 1. The average molecular weight is 455 g/mol. The lowest BCUT2D eigenvalue weighted by atomic mass is 9.89. The molecular formula is C26H34N2O5. The summed E-state index contributed by atoms with van der Waals surface area (Å²) < 4.78 is 16.4. The molecule has 7 heteroatoms. The van der Waals surface area contributed by atoms with E-state index in [0.717, 1.165) is 41.8 Å². The molecule has 1 heterocycles. The van der Waals surface area contributed by atoms with E-state index in [4.69, 9.17) is 14.2 Å². The van der Waals surface area contributed by atoms with E-state index in [2.05, 4.69) is 4.98 Å². The fourth-order valence-electron chi connectivity index (χ4n) is 4.12. The van der Waals surface area contributed by atoms with Gasteiger partial charge in [-0.15, -0.1) is 0 Å². The van der Waals surface area contributed by atoms with Crippen LogP contribution in [0.25, 0.3) is 0 Å². The Morgan fingerprint density at radius 3 is 2.61 bits per heavy atom. The van der Waals surface area contributed by atoms with Crippen LogP contribution in [0.5, 0.6) is 5.75 Å². The fraction of sp³-hybridized carbons (Fsp3) is 0.500. The predicted octanol–water partition coefficient (Wildman–Crippen LogP) is 5.12. The first kappa shape index (κ1) is 24.6. The Hall–Kier alpha value is -3.09. The number of nitrogens with zero attached hydrogens (tertiary/aromatic N) is 2. The van der Waals surface area contributed by atoms with Crippen molar-refractivity contribution in [2.75, 3.05) is 20.3 Å². The van der Waals surface area contributed by atoms with Gasteiger partial charge >= 0.3 is 12.1 Å². The minimum absolute atomic E-state index is 0.179. The Morgan fingerprint density at radius 2 is 1.91 bits per heavy atom. The highest BCUT2D eigenvalue weighted by atomic mass is 16.6. The second-order valence-corrected chi connectivity index (χ2v) is 9.10. The average Bonchev–Trinajstić information content (AvgIpc) is 2.78. The van der Waals surface area contributed by atoms with Crippen molar-refractivity contribution in [2.24, 2.45) is 0 Å². The number of amides is 1. The number of carbonyl (C=O) groups is 2. The molecule has 33 heavy (non-hydrogen) atoms. The van der Waals surface area contributed by atoms with E-state index in [1.807, 2.05) is 51.1 Å². The van der Waals surface area contributed by atoms with Gasteiger partial charge in [0.05, 0.1) is 19.8 Å². The molecule has 0 N–H and O–H groups in total. The molecule has 0 aliphatic heterocycles. The van der Waals surface area contributed by atoms with E-state index in [-0.39, 0.29) is 12.1 Å². The number of hydrogen-bond donors (Lipinski definition) is 0. The number of rotatable bonds is 7. The van der Waals surface area contributed by atoms with E-state index < -0.39 is 11.6 Å². The van der Waals surface area contributed by atoms with E-state index >= 15 is 0 Å². The summed E-state index contributed by atoms with van der Waals surface area (Å²) >= 11 is 0. The molecule has 1 aliphatic carbocycles. The maximum atomic E-state index is 13.3. The molecule has 1 unspecified atom stereocenters. The maximum absolute atomic E-state index is 13.3. The van der Waals surface area contributed by atoms with Crippen LogP contribution in [0.15, 0.2) is 36.4 Å². The summed E-state index contributed by atoms with van der Waals surface area (Å²) in [7, 11) is 1.65. The topological polar surface area (TPSA) is 78.0 Å². The summed E-state index contributed by atoms with van der Waals surface area (Å²) in [5, 5.41) is 0. The molecule has 0 radical (unpaired) electrons. The second kappa shape index (κ2) is 10.7. The third kappa shape index (κ3) is 6.24. The van der Waals surface area contributed by atoms with Crippen LogP contribution in [0.1, 0.15) is 73.9 Å². The van der Waals surface area contributed by atoms with E-state index in [1.165, 1.54) is 0 Å². The number of aryl methyl sites for hydroxylation is 1. The normalized spacial score (nSPS) is 15.4. The number of carbonyl (C=O) groups excluding carboxylic acids is 2. The number of ether oxygens (including phenoxy) is 3. The zero-order valence-corrected chi connectivity index (χ0v) is 20.2. The minimum Gasteiger partial charge on any atom is -0.496 e. The molecule has 2 aromatic rings. The molecular weight excluding hydrogens is 420 g/mol. The van der Waals surface area contributed by atoms with Gasteiger partial charge in [-0.3, -0.25) is 0 Å². The zero-order valence-electron chi connectivity index (χ0n) is 20.2. The maximum Gasteiger partial charge on any atom is 0.410 e. The number of esters is 1. The second-order valence-electron chi connectivity index (χ2n) is 9.10. The molecule has 1 aromatic heterocycles. The van der Waals surface area contributed by atoms with Crippen molar-refractivity contribution < 1.29 is 23.8 Å². The van der Waals surface area contributed by atoms with Gasteiger partial charge in [-0.2, -0.15) is 0 Å². The Kier molecular flexibility index (Phi) is 7.95. The molecule has 3 rings (SSSR count). The highest BCUT2D eigenvalue weighted by Gasteiger charge is 2.33. The van der Waals surface area contributed by atoms with Crippen LogP contribution in [-0.2, 0) is 22.3 Å². The van der Waals surface area contributed by atoms with Crippen LogP contribution < -0.4 is 4.74 Å². The van der Waals surface area contributed by atoms with Gasteiger partial charge in [-0.1, -0.05) is 24.3 Å². The summed E-state index contributed by atoms with van der Waals surface area (Å²) in [6.07, 6.45) is 2.70. The Labute approximate surface area is 196 Å². The predicted molar refractivity (Wildman–Crippen MR) is 126 cm³/mol. The minimum atomic E-state index is -0.608. The number of methoxy groups -OCH3 is 1. The van der Waals surface area contributed by atoms with Crippen molar-refractivity contribution in [2.45, 2.75) is 65.0 Å². The Balaban J connectivity index is 1.90. The van der Waals surface area contributed by atoms with E-state index in [9.17, 15) is 9.59 Å². The Morgan fingerprint density at radius 1 is 1.15 bits per heavy atom. The van der Waals surface area contributed by atoms with Crippen molar-refractivity contribution in [3.8, 4) is 5.75 Å². The summed E-state index contributed by atoms with van der Waals surface area (Å²) in [6, 6.07) is 11.2. The van der Waals surface area contributed by atoms with Crippen LogP contribution in [0, 0.1) is 0 Å². The Bertz CT molecular complexity index is 983. The monoisotopic (exact) mass is 454 g/mol. The van der Waals surface area contributed by atoms with Gasteiger partial charge in [0.15, 0.2) is 0 Å². The van der Waals surface area contributed by atoms with Crippen molar-refractivity contribution in [3.05, 3.63) is 58.9 Å². The van der Waals surface area contributed by atoms with Crippen LogP contribution in [0.2, 0.25) is 0 Å². The van der Waals surface area contributed by atoms with Crippen molar-refractivity contribution in [1.29, 1.82) is 0 Å². The lowest BCUT2D eigenvalue weighted by Gasteiger charge is -2.36. The molecule has 0 fully saturated rings. The zero-order chi connectivity index (χ0) is 24.0. The van der Waals surface area contributed by atoms with Crippen LogP contribution in [-0.4, -0.2) is 47.8 Å². The van der Waals surface area contributed by atoms with Gasteiger partial charge in [-0.05, 0) is 76.6 Å². The summed E-state index contributed by atoms with van der Waals surface area (Å²) in [4.78, 5) is 31.8. The van der Waals surface area contributed by atoms with Crippen molar-refractivity contribution >= 4 is 12.1 Å². The van der Waals surface area contributed by atoms with Gasteiger partial charge in [0.2, 0.25) is 0 Å². The molecule has 7 nitrogen and oxygen atoms in total. The molecule has 0 saturated heterocycles. The fourth-order valence-corrected chi connectivity index (χ4v) is 4.12. The number of para-hydroxylation sites is 1. The summed E-state index contributed by atoms with van der Waals surface area (Å²) in [6.45, 7) is 8.14. The first-order valence-electron chi connectivity index (χ1n) is 11.5. The summed E-state index contributed by atoms with van der Waals surface area (Å²) in [5.41, 5.74) is 2.51. The van der Waals surface area contributed by atoms with Gasteiger partial charge < -0.3 is 19.1 Å². The van der Waals surface area contributed by atoms with Crippen LogP contribution >= 0.6 is 0 Å². The summed E-state index contributed by atoms with van der Waals surface area (Å²) in [5.74, 6) is 0.369. The van der Waals surface area contributed by atoms with E-state index in [1.54, 1.807) is 25.0 Å². The number of hydrogen-bond acceptors (Lipinski definition) is 6.